The maximum Gasteiger partial charge on any atom is 0.325 e. The lowest BCUT2D eigenvalue weighted by molar-refractivity contribution is -0.140. The lowest BCUT2D eigenvalue weighted by Crippen LogP contribution is -2.39. The van der Waals surface area contributed by atoms with Gasteiger partial charge in [-0.3, -0.25) is 9.59 Å². The summed E-state index contributed by atoms with van der Waals surface area (Å²) < 4.78 is 0. The normalized spacial score (nSPS) is 12.0. The van der Waals surface area contributed by atoms with E-state index >= 15 is 0 Å². The molecule has 0 heterocycles. The molecule has 1 atom stereocenters. The summed E-state index contributed by atoms with van der Waals surface area (Å²) in [5, 5.41) is 23.1. The van der Waals surface area contributed by atoms with Gasteiger partial charge in [0.05, 0.1) is 0 Å². The Morgan fingerprint density at radius 2 is 2.00 bits per heavy atom. The fraction of sp³-hybridized carbons (Fsp3) is 0.389. The maximum atomic E-state index is 11.9. The predicted octanol–water partition coefficient (Wildman–Crippen LogP) is 2.25. The van der Waals surface area contributed by atoms with Crippen LogP contribution in [0.1, 0.15) is 26.3 Å². The van der Waals surface area contributed by atoms with Crippen LogP contribution >= 0.6 is 0 Å². The summed E-state index contributed by atoms with van der Waals surface area (Å²) in [6, 6.07) is 6.58. The first-order chi connectivity index (χ1) is 11.8. The first kappa shape index (κ1) is 20.0. The number of carboxylic acids is 1. The van der Waals surface area contributed by atoms with Crippen LogP contribution in [0.25, 0.3) is 0 Å². The minimum absolute atomic E-state index is 0.194. The average Bonchev–Trinajstić information content (AvgIpc) is 2.57. The van der Waals surface area contributed by atoms with Crippen molar-refractivity contribution in [2.75, 3.05) is 23.3 Å². The van der Waals surface area contributed by atoms with E-state index in [4.69, 9.17) is 10.4 Å². The summed E-state index contributed by atoms with van der Waals surface area (Å²) >= 11 is 0. The third kappa shape index (κ3) is 5.53. The number of carboxylic acid groups (broad SMARTS) is 1. The standard InChI is InChI=1S/C18H24N4O3/c1-5-22(6-2)15-7-8-16(12(3)9-15)20-11-14(10-19)17(23)21-13(4)18(24)25/h7-9,11,13,20H,5-6H2,1-4H3,(H,21,23)(H,24,25)/b14-11-. The second-order valence-electron chi connectivity index (χ2n) is 5.52. The Bertz CT molecular complexity index is 703. The molecule has 7 heteroatoms. The number of carbonyl (C=O) groups excluding carboxylic acids is 1. The highest BCUT2D eigenvalue weighted by Gasteiger charge is 2.17. The highest BCUT2D eigenvalue weighted by atomic mass is 16.4. The Labute approximate surface area is 147 Å². The minimum atomic E-state index is -1.17. The van der Waals surface area contributed by atoms with Gasteiger partial charge in [0.2, 0.25) is 0 Å². The van der Waals surface area contributed by atoms with E-state index in [1.54, 1.807) is 6.07 Å². The van der Waals surface area contributed by atoms with Crippen LogP contribution in [0.4, 0.5) is 11.4 Å². The lowest BCUT2D eigenvalue weighted by atomic mass is 10.1. The highest BCUT2D eigenvalue weighted by molar-refractivity contribution is 5.99. The third-order valence-corrected chi connectivity index (χ3v) is 3.79. The van der Waals surface area contributed by atoms with Crippen molar-refractivity contribution in [3.8, 4) is 6.07 Å². The van der Waals surface area contributed by atoms with Crippen molar-refractivity contribution in [1.82, 2.24) is 5.32 Å². The van der Waals surface area contributed by atoms with Gasteiger partial charge in [-0.2, -0.15) is 5.26 Å². The Kier molecular flexibility index (Phi) is 7.47. The number of carbonyl (C=O) groups is 2. The fourth-order valence-electron chi connectivity index (χ4n) is 2.23. The lowest BCUT2D eigenvalue weighted by Gasteiger charge is -2.22. The molecule has 0 bridgehead atoms. The molecule has 0 radical (unpaired) electrons. The molecule has 0 aromatic heterocycles. The van der Waals surface area contributed by atoms with Gasteiger partial charge >= 0.3 is 5.97 Å². The number of nitrogens with one attached hydrogen (secondary N) is 2. The van der Waals surface area contributed by atoms with E-state index in [1.807, 2.05) is 25.1 Å². The van der Waals surface area contributed by atoms with Crippen molar-refractivity contribution in [1.29, 1.82) is 5.26 Å². The van der Waals surface area contributed by atoms with Crippen LogP contribution in [-0.4, -0.2) is 36.1 Å². The molecule has 0 fully saturated rings. The average molecular weight is 344 g/mol. The van der Waals surface area contributed by atoms with Crippen molar-refractivity contribution in [2.24, 2.45) is 0 Å². The van der Waals surface area contributed by atoms with Crippen LogP contribution in [0.15, 0.2) is 30.0 Å². The summed E-state index contributed by atoms with van der Waals surface area (Å²) in [6.07, 6.45) is 1.28. The van der Waals surface area contributed by atoms with Gasteiger partial charge in [-0.15, -0.1) is 0 Å². The molecule has 1 rings (SSSR count). The molecule has 25 heavy (non-hydrogen) atoms. The molecular formula is C18H24N4O3. The van der Waals surface area contributed by atoms with Crippen molar-refractivity contribution < 1.29 is 14.7 Å². The molecule has 0 saturated heterocycles. The molecule has 0 saturated carbocycles. The molecule has 0 aliphatic carbocycles. The van der Waals surface area contributed by atoms with E-state index in [0.29, 0.717) is 0 Å². The summed E-state index contributed by atoms with van der Waals surface area (Å²) in [5.74, 6) is -1.90. The molecule has 1 aromatic carbocycles. The number of aryl methyl sites for hydroxylation is 1. The highest BCUT2D eigenvalue weighted by Crippen LogP contribution is 2.22. The Balaban J connectivity index is 2.90. The summed E-state index contributed by atoms with van der Waals surface area (Å²) in [5.41, 5.74) is 2.64. The Morgan fingerprint density at radius 3 is 2.48 bits per heavy atom. The molecule has 3 N–H and O–H groups in total. The molecule has 0 spiro atoms. The van der Waals surface area contributed by atoms with Crippen LogP contribution < -0.4 is 15.5 Å². The first-order valence-electron chi connectivity index (χ1n) is 8.10. The van der Waals surface area contributed by atoms with Crippen molar-refractivity contribution in [3.63, 3.8) is 0 Å². The molecule has 1 unspecified atom stereocenters. The van der Waals surface area contributed by atoms with Crippen LogP contribution in [0.3, 0.4) is 0 Å². The number of nitrogens with zero attached hydrogens (tertiary/aromatic N) is 2. The fourth-order valence-corrected chi connectivity index (χ4v) is 2.23. The Hall–Kier alpha value is -3.01. The second-order valence-corrected chi connectivity index (χ2v) is 5.52. The van der Waals surface area contributed by atoms with Crippen LogP contribution in [-0.2, 0) is 9.59 Å². The van der Waals surface area contributed by atoms with Gasteiger partial charge in [0.25, 0.3) is 5.91 Å². The first-order valence-corrected chi connectivity index (χ1v) is 8.10. The van der Waals surface area contributed by atoms with Gasteiger partial charge in [-0.1, -0.05) is 0 Å². The molecule has 0 aliphatic rings. The number of benzene rings is 1. The smallest absolute Gasteiger partial charge is 0.325 e. The zero-order chi connectivity index (χ0) is 19.0. The van der Waals surface area contributed by atoms with E-state index < -0.39 is 17.9 Å². The maximum absolute atomic E-state index is 11.9. The van der Waals surface area contributed by atoms with E-state index in [1.165, 1.54) is 13.1 Å². The number of nitriles is 1. The zero-order valence-electron chi connectivity index (χ0n) is 15.0. The Morgan fingerprint density at radius 1 is 1.36 bits per heavy atom. The number of hydrogen-bond acceptors (Lipinski definition) is 5. The van der Waals surface area contributed by atoms with Gasteiger partial charge < -0.3 is 20.6 Å². The van der Waals surface area contributed by atoms with Crippen LogP contribution in [0.5, 0.6) is 0 Å². The number of rotatable bonds is 8. The molecule has 7 nitrogen and oxygen atoms in total. The zero-order valence-corrected chi connectivity index (χ0v) is 15.0. The van der Waals surface area contributed by atoms with Gasteiger partial charge in [-0.25, -0.2) is 0 Å². The van der Waals surface area contributed by atoms with Crippen molar-refractivity contribution in [2.45, 2.75) is 33.7 Å². The third-order valence-electron chi connectivity index (χ3n) is 3.79. The quantitative estimate of drug-likeness (QED) is 0.493. The number of amides is 1. The van der Waals surface area contributed by atoms with Gasteiger partial charge in [-0.05, 0) is 51.5 Å². The molecule has 0 aliphatic heterocycles. The number of aliphatic carboxylic acids is 1. The summed E-state index contributed by atoms with van der Waals surface area (Å²) in [6.45, 7) is 9.25. The summed E-state index contributed by atoms with van der Waals surface area (Å²) in [4.78, 5) is 24.9. The van der Waals surface area contributed by atoms with Gasteiger partial charge in [0.1, 0.15) is 17.7 Å². The number of anilines is 2. The molecular weight excluding hydrogens is 320 g/mol. The van der Waals surface area contributed by atoms with Crippen molar-refractivity contribution >= 4 is 23.3 Å². The van der Waals surface area contributed by atoms with E-state index in [9.17, 15) is 9.59 Å². The largest absolute Gasteiger partial charge is 0.480 e. The number of hydrogen-bond donors (Lipinski definition) is 3. The van der Waals surface area contributed by atoms with E-state index in [2.05, 4.69) is 29.4 Å². The van der Waals surface area contributed by atoms with Gasteiger partial charge in [0, 0.05) is 30.7 Å². The van der Waals surface area contributed by atoms with Crippen molar-refractivity contribution in [3.05, 3.63) is 35.5 Å². The summed E-state index contributed by atoms with van der Waals surface area (Å²) in [7, 11) is 0. The topological polar surface area (TPSA) is 105 Å². The molecule has 134 valence electrons. The van der Waals surface area contributed by atoms with E-state index in [-0.39, 0.29) is 5.57 Å². The van der Waals surface area contributed by atoms with E-state index in [0.717, 1.165) is 30.0 Å². The van der Waals surface area contributed by atoms with Crippen LogP contribution in [0, 0.1) is 18.3 Å². The predicted molar refractivity (Wildman–Crippen MR) is 97.3 cm³/mol. The SMILES string of the molecule is CCN(CC)c1ccc(N/C=C(/C#N)C(=O)NC(C)C(=O)O)c(C)c1. The van der Waals surface area contributed by atoms with Gasteiger partial charge in [0.15, 0.2) is 0 Å². The molecule has 1 amide bonds. The van der Waals surface area contributed by atoms with Crippen LogP contribution in [0.2, 0.25) is 0 Å². The monoisotopic (exact) mass is 344 g/mol. The second kappa shape index (κ2) is 9.33. The molecule has 1 aromatic rings. The minimum Gasteiger partial charge on any atom is -0.480 e.